The minimum absolute atomic E-state index is 0.0914. The summed E-state index contributed by atoms with van der Waals surface area (Å²) in [5, 5.41) is 12.5. The van der Waals surface area contributed by atoms with Gasteiger partial charge in [-0.25, -0.2) is 15.4 Å². The molecule has 9 nitrogen and oxygen atoms in total. The highest BCUT2D eigenvalue weighted by atomic mass is 16.6. The van der Waals surface area contributed by atoms with Gasteiger partial charge in [0.2, 0.25) is 0 Å². The molecule has 0 aliphatic rings. The van der Waals surface area contributed by atoms with Crippen molar-refractivity contribution in [3.05, 3.63) is 29.7 Å². The van der Waals surface area contributed by atoms with Gasteiger partial charge >= 0.3 is 12.1 Å². The van der Waals surface area contributed by atoms with Crippen molar-refractivity contribution in [2.24, 2.45) is 11.6 Å². The first-order chi connectivity index (χ1) is 10.5. The number of nitrogens with zero attached hydrogens (tertiary/aromatic N) is 2. The molecule has 0 aliphatic heterocycles. The number of rotatable bonds is 4. The van der Waals surface area contributed by atoms with Gasteiger partial charge in [-0.05, 0) is 32.9 Å². The molecule has 0 unspecified atom stereocenters. The number of carbonyl (C=O) groups excluding carboxylic acids is 1. The highest BCUT2D eigenvalue weighted by molar-refractivity contribution is 5.94. The van der Waals surface area contributed by atoms with E-state index in [-0.39, 0.29) is 17.1 Å². The number of nitrogens with one attached hydrogen (secondary N) is 1. The largest absolute Gasteiger partial charge is 0.476 e. The Bertz CT molecular complexity index is 617. The summed E-state index contributed by atoms with van der Waals surface area (Å²) < 4.78 is 5.11. The third-order valence-corrected chi connectivity index (χ3v) is 2.50. The summed E-state index contributed by atoms with van der Waals surface area (Å²) in [6.45, 7) is 5.24. The number of hydrogen-bond acceptors (Lipinski definition) is 7. The minimum atomic E-state index is -1.27. The number of likely N-dealkylation sites (N-methyl/N-ethyl adjacent to an activating group) is 1. The van der Waals surface area contributed by atoms with Crippen LogP contribution in [0.4, 0.5) is 10.5 Å². The normalized spacial score (nSPS) is 12.2. The van der Waals surface area contributed by atoms with Gasteiger partial charge in [0.25, 0.3) is 0 Å². The summed E-state index contributed by atoms with van der Waals surface area (Å²) in [6, 6.07) is 2.99. The zero-order valence-electron chi connectivity index (χ0n) is 13.5. The zero-order valence-corrected chi connectivity index (χ0v) is 13.5. The van der Waals surface area contributed by atoms with Crippen LogP contribution >= 0.6 is 0 Å². The lowest BCUT2D eigenvalue weighted by Gasteiger charge is -2.19. The van der Waals surface area contributed by atoms with Crippen LogP contribution in [0.15, 0.2) is 24.0 Å². The van der Waals surface area contributed by atoms with E-state index in [0.717, 1.165) is 5.01 Å². The van der Waals surface area contributed by atoms with Crippen LogP contribution in [0.5, 0.6) is 0 Å². The molecule has 6 N–H and O–H groups in total. The van der Waals surface area contributed by atoms with Gasteiger partial charge in [0.05, 0.1) is 23.3 Å². The van der Waals surface area contributed by atoms with Crippen molar-refractivity contribution in [2.75, 3.05) is 12.4 Å². The van der Waals surface area contributed by atoms with Gasteiger partial charge in [-0.2, -0.15) is 0 Å². The fourth-order valence-electron chi connectivity index (χ4n) is 1.63. The molecule has 1 rings (SSSR count). The summed E-state index contributed by atoms with van der Waals surface area (Å²) in [6.07, 6.45) is 0.714. The molecular weight excluding hydrogens is 302 g/mol. The molecule has 0 radical (unpaired) electrons. The lowest BCUT2D eigenvalue weighted by Crippen LogP contribution is -2.32. The minimum Gasteiger partial charge on any atom is -0.476 e. The lowest BCUT2D eigenvalue weighted by molar-refractivity contribution is -0.134. The predicted molar refractivity (Wildman–Crippen MR) is 84.8 cm³/mol. The van der Waals surface area contributed by atoms with Crippen molar-refractivity contribution in [2.45, 2.75) is 26.4 Å². The van der Waals surface area contributed by atoms with E-state index in [1.807, 2.05) is 0 Å². The Morgan fingerprint density at radius 1 is 1.35 bits per heavy atom. The van der Waals surface area contributed by atoms with Gasteiger partial charge in [0.1, 0.15) is 5.60 Å². The third-order valence-electron chi connectivity index (χ3n) is 2.50. The van der Waals surface area contributed by atoms with Crippen LogP contribution < -0.4 is 16.9 Å². The van der Waals surface area contributed by atoms with Gasteiger partial charge in [0, 0.05) is 7.05 Å². The molecular formula is C14H21N5O4. The molecule has 0 bridgehead atoms. The number of ether oxygens (including phenoxy) is 1. The SMILES string of the molecule is CN(N)/C(C(=O)O)=C(\N)c1ccc(NC(=O)OC(C)(C)C)cn1. The average Bonchev–Trinajstić information content (AvgIpc) is 2.36. The molecule has 1 heterocycles. The number of carboxylic acids is 1. The Kier molecular flexibility index (Phi) is 5.52. The highest BCUT2D eigenvalue weighted by Crippen LogP contribution is 2.16. The number of hydrogen-bond donors (Lipinski definition) is 4. The van der Waals surface area contributed by atoms with Crippen LogP contribution in [0.25, 0.3) is 5.70 Å². The zero-order chi connectivity index (χ0) is 17.8. The standard InChI is InChI=1S/C14H21N5O4/c1-14(2,3)23-13(22)18-8-5-6-9(17-7-8)10(15)11(12(20)21)19(4)16/h5-7H,15-16H2,1-4H3,(H,18,22)(H,20,21)/b11-10-. The van der Waals surface area contributed by atoms with Crippen LogP contribution in [0.3, 0.4) is 0 Å². The summed E-state index contributed by atoms with van der Waals surface area (Å²) in [5.74, 6) is 4.17. The maximum absolute atomic E-state index is 11.6. The molecule has 0 fully saturated rings. The van der Waals surface area contributed by atoms with Crippen molar-refractivity contribution in [3.8, 4) is 0 Å². The molecule has 1 amide bonds. The van der Waals surface area contributed by atoms with Crippen LogP contribution in [-0.2, 0) is 9.53 Å². The number of nitrogens with two attached hydrogens (primary N) is 2. The van der Waals surface area contributed by atoms with E-state index in [1.54, 1.807) is 20.8 Å². The van der Waals surface area contributed by atoms with Crippen LogP contribution in [0.2, 0.25) is 0 Å². The number of carboxylic acid groups (broad SMARTS) is 1. The molecule has 0 atom stereocenters. The maximum atomic E-state index is 11.6. The highest BCUT2D eigenvalue weighted by Gasteiger charge is 2.18. The number of anilines is 1. The lowest BCUT2D eigenvalue weighted by atomic mass is 10.2. The molecule has 126 valence electrons. The van der Waals surface area contributed by atoms with Crippen molar-refractivity contribution in [1.82, 2.24) is 9.99 Å². The second-order valence-electron chi connectivity index (χ2n) is 5.74. The fourth-order valence-corrected chi connectivity index (χ4v) is 1.63. The Hall–Kier alpha value is -2.81. The Labute approximate surface area is 133 Å². The number of aliphatic carboxylic acids is 1. The molecule has 0 saturated carbocycles. The van der Waals surface area contributed by atoms with Gasteiger partial charge in [-0.1, -0.05) is 0 Å². The van der Waals surface area contributed by atoms with Gasteiger partial charge in [0.15, 0.2) is 5.70 Å². The number of carbonyl (C=O) groups is 2. The van der Waals surface area contributed by atoms with Crippen LogP contribution in [-0.4, -0.2) is 39.8 Å². The molecule has 9 heteroatoms. The summed E-state index contributed by atoms with van der Waals surface area (Å²) in [7, 11) is 1.36. The maximum Gasteiger partial charge on any atom is 0.412 e. The second kappa shape index (κ2) is 6.97. The molecule has 23 heavy (non-hydrogen) atoms. The van der Waals surface area contributed by atoms with E-state index in [4.69, 9.17) is 21.4 Å². The van der Waals surface area contributed by atoms with Crippen molar-refractivity contribution < 1.29 is 19.4 Å². The smallest absolute Gasteiger partial charge is 0.412 e. The summed E-state index contributed by atoms with van der Waals surface area (Å²) in [5.41, 5.74) is 5.38. The van der Waals surface area contributed by atoms with Crippen molar-refractivity contribution in [3.63, 3.8) is 0 Å². The molecule has 0 aromatic carbocycles. The predicted octanol–water partition coefficient (Wildman–Crippen LogP) is 0.946. The van der Waals surface area contributed by atoms with Gasteiger partial charge in [-0.15, -0.1) is 0 Å². The van der Waals surface area contributed by atoms with E-state index in [0.29, 0.717) is 5.69 Å². The number of aromatic nitrogens is 1. The van der Waals surface area contributed by atoms with E-state index in [2.05, 4.69) is 10.3 Å². The summed E-state index contributed by atoms with van der Waals surface area (Å²) in [4.78, 5) is 26.8. The van der Waals surface area contributed by atoms with E-state index < -0.39 is 17.7 Å². The Morgan fingerprint density at radius 3 is 2.35 bits per heavy atom. The monoisotopic (exact) mass is 323 g/mol. The molecule has 0 spiro atoms. The van der Waals surface area contributed by atoms with Gasteiger partial charge < -0.3 is 20.6 Å². The summed E-state index contributed by atoms with van der Waals surface area (Å²) >= 11 is 0. The van der Waals surface area contributed by atoms with Crippen molar-refractivity contribution >= 4 is 23.4 Å². The average molecular weight is 323 g/mol. The first-order valence-electron chi connectivity index (χ1n) is 6.69. The molecule has 1 aromatic heterocycles. The first-order valence-corrected chi connectivity index (χ1v) is 6.69. The fraction of sp³-hybridized carbons (Fsp3) is 0.357. The molecule has 1 aromatic rings. The topological polar surface area (TPSA) is 144 Å². The second-order valence-corrected chi connectivity index (χ2v) is 5.74. The van der Waals surface area contributed by atoms with E-state index in [1.165, 1.54) is 25.4 Å². The Balaban J connectivity index is 2.94. The Morgan fingerprint density at radius 2 is 1.96 bits per heavy atom. The van der Waals surface area contributed by atoms with Gasteiger partial charge in [-0.3, -0.25) is 10.3 Å². The molecule has 0 saturated heterocycles. The van der Waals surface area contributed by atoms with Crippen LogP contribution in [0, 0.1) is 0 Å². The van der Waals surface area contributed by atoms with Crippen LogP contribution in [0.1, 0.15) is 26.5 Å². The van der Waals surface area contributed by atoms with E-state index >= 15 is 0 Å². The quantitative estimate of drug-likeness (QED) is 0.364. The third kappa shape index (κ3) is 5.47. The number of pyridine rings is 1. The first kappa shape index (κ1) is 18.2. The number of hydrazine groups is 1. The molecule has 0 aliphatic carbocycles. The number of amides is 1. The van der Waals surface area contributed by atoms with E-state index in [9.17, 15) is 9.59 Å². The van der Waals surface area contributed by atoms with Crippen molar-refractivity contribution in [1.29, 1.82) is 0 Å².